The average Bonchev–Trinajstić information content (AvgIpc) is 2.92. The molecular formula is C11H14ClN3. The van der Waals surface area contributed by atoms with Gasteiger partial charge in [0.2, 0.25) is 0 Å². The van der Waals surface area contributed by atoms with Crippen molar-refractivity contribution < 1.29 is 0 Å². The number of nitrogens with zero attached hydrogens (tertiary/aromatic N) is 3. The molecule has 80 valence electrons. The van der Waals surface area contributed by atoms with Crippen LogP contribution in [0.5, 0.6) is 0 Å². The molecule has 1 aliphatic carbocycles. The molecule has 1 aromatic rings. The van der Waals surface area contributed by atoms with Gasteiger partial charge in [0.1, 0.15) is 16.8 Å². The summed E-state index contributed by atoms with van der Waals surface area (Å²) in [5, 5.41) is 0.633. The minimum Gasteiger partial charge on any atom is -0.356 e. The Morgan fingerprint density at radius 3 is 2.53 bits per heavy atom. The van der Waals surface area contributed by atoms with Crippen LogP contribution in [-0.4, -0.2) is 23.1 Å². The number of anilines is 1. The van der Waals surface area contributed by atoms with Gasteiger partial charge in [0.15, 0.2) is 0 Å². The summed E-state index contributed by atoms with van der Waals surface area (Å²) in [6.07, 6.45) is 3.71. The van der Waals surface area contributed by atoms with Gasteiger partial charge in [0, 0.05) is 24.6 Å². The highest BCUT2D eigenvalue weighted by atomic mass is 35.5. The lowest BCUT2D eigenvalue weighted by Crippen LogP contribution is -2.38. The highest BCUT2D eigenvalue weighted by Crippen LogP contribution is 2.40. The Kier molecular flexibility index (Phi) is 2.09. The third-order valence-corrected chi connectivity index (χ3v) is 3.54. The van der Waals surface area contributed by atoms with E-state index in [0.29, 0.717) is 11.1 Å². The van der Waals surface area contributed by atoms with Gasteiger partial charge in [-0.25, -0.2) is 9.97 Å². The number of hydrogen-bond acceptors (Lipinski definition) is 3. The molecule has 0 radical (unpaired) electrons. The van der Waals surface area contributed by atoms with E-state index in [-0.39, 0.29) is 0 Å². The maximum atomic E-state index is 6.14. The third kappa shape index (κ3) is 1.59. The van der Waals surface area contributed by atoms with E-state index in [1.165, 1.54) is 19.3 Å². The molecule has 3 rings (SSSR count). The van der Waals surface area contributed by atoms with Crippen molar-refractivity contribution in [3.8, 4) is 0 Å². The molecule has 0 bridgehead atoms. The Morgan fingerprint density at radius 2 is 2.00 bits per heavy atom. The summed E-state index contributed by atoms with van der Waals surface area (Å²) >= 11 is 6.14. The summed E-state index contributed by atoms with van der Waals surface area (Å²) in [7, 11) is 0. The lowest BCUT2D eigenvalue weighted by atomic mass is 10.2. The highest BCUT2D eigenvalue weighted by molar-refractivity contribution is 6.30. The first-order chi connectivity index (χ1) is 7.25. The molecule has 1 saturated heterocycles. The summed E-state index contributed by atoms with van der Waals surface area (Å²) in [6.45, 7) is 4.23. The van der Waals surface area contributed by atoms with E-state index >= 15 is 0 Å². The van der Waals surface area contributed by atoms with Crippen molar-refractivity contribution in [1.82, 2.24) is 9.97 Å². The van der Waals surface area contributed by atoms with Crippen LogP contribution in [0.15, 0.2) is 0 Å². The van der Waals surface area contributed by atoms with Gasteiger partial charge >= 0.3 is 0 Å². The second-order valence-electron chi connectivity index (χ2n) is 4.44. The molecule has 0 atom stereocenters. The third-order valence-electron chi connectivity index (χ3n) is 3.18. The Bertz CT molecular complexity index is 397. The quantitative estimate of drug-likeness (QED) is 0.722. The second-order valence-corrected chi connectivity index (χ2v) is 4.79. The Labute approximate surface area is 94.5 Å². The van der Waals surface area contributed by atoms with Gasteiger partial charge in [-0.3, -0.25) is 0 Å². The summed E-state index contributed by atoms with van der Waals surface area (Å²) in [6, 6.07) is 0. The molecule has 0 spiro atoms. The average molecular weight is 224 g/mol. The predicted octanol–water partition coefficient (Wildman–Crippen LogP) is 2.53. The van der Waals surface area contributed by atoms with Gasteiger partial charge < -0.3 is 4.90 Å². The molecular weight excluding hydrogens is 210 g/mol. The standard InChI is InChI=1S/C11H14ClN3/c1-7-9(12)13-10(8-3-4-8)14-11(7)15-5-2-6-15/h8H,2-6H2,1H3. The van der Waals surface area contributed by atoms with E-state index in [2.05, 4.69) is 14.9 Å². The van der Waals surface area contributed by atoms with Crippen LogP contribution in [0, 0.1) is 6.92 Å². The fourth-order valence-electron chi connectivity index (χ4n) is 1.85. The van der Waals surface area contributed by atoms with Crippen molar-refractivity contribution in [2.45, 2.75) is 32.1 Å². The van der Waals surface area contributed by atoms with Crippen molar-refractivity contribution in [2.75, 3.05) is 18.0 Å². The highest BCUT2D eigenvalue weighted by Gasteiger charge is 2.29. The molecule has 0 aromatic carbocycles. The summed E-state index contributed by atoms with van der Waals surface area (Å²) in [5.41, 5.74) is 1.03. The molecule has 2 aliphatic rings. The summed E-state index contributed by atoms with van der Waals surface area (Å²) in [5.74, 6) is 2.58. The van der Waals surface area contributed by atoms with E-state index in [9.17, 15) is 0 Å². The van der Waals surface area contributed by atoms with E-state index in [1.807, 2.05) is 6.92 Å². The zero-order chi connectivity index (χ0) is 10.4. The predicted molar refractivity (Wildman–Crippen MR) is 60.6 cm³/mol. The number of hydrogen-bond donors (Lipinski definition) is 0. The van der Waals surface area contributed by atoms with Crippen LogP contribution in [0.25, 0.3) is 0 Å². The van der Waals surface area contributed by atoms with Crippen LogP contribution in [-0.2, 0) is 0 Å². The van der Waals surface area contributed by atoms with Crippen LogP contribution < -0.4 is 4.90 Å². The molecule has 3 nitrogen and oxygen atoms in total. The molecule has 0 unspecified atom stereocenters. The number of rotatable bonds is 2. The van der Waals surface area contributed by atoms with Crippen LogP contribution >= 0.6 is 11.6 Å². The topological polar surface area (TPSA) is 29.0 Å². The molecule has 2 fully saturated rings. The second kappa shape index (κ2) is 3.34. The normalized spacial score (nSPS) is 20.3. The first-order valence-electron chi connectivity index (χ1n) is 5.54. The summed E-state index contributed by atoms with van der Waals surface area (Å²) < 4.78 is 0. The Balaban J connectivity index is 2.01. The smallest absolute Gasteiger partial charge is 0.137 e. The number of aromatic nitrogens is 2. The zero-order valence-corrected chi connectivity index (χ0v) is 9.59. The van der Waals surface area contributed by atoms with Gasteiger partial charge in [-0.05, 0) is 26.2 Å². The molecule has 1 saturated carbocycles. The fourth-order valence-corrected chi connectivity index (χ4v) is 2.03. The van der Waals surface area contributed by atoms with Crippen LogP contribution in [0.3, 0.4) is 0 Å². The lowest BCUT2D eigenvalue weighted by molar-refractivity contribution is 0.604. The van der Waals surface area contributed by atoms with Gasteiger partial charge in [-0.15, -0.1) is 0 Å². The van der Waals surface area contributed by atoms with E-state index in [4.69, 9.17) is 11.6 Å². The van der Waals surface area contributed by atoms with Crippen LogP contribution in [0.2, 0.25) is 5.15 Å². The fraction of sp³-hybridized carbons (Fsp3) is 0.636. The molecule has 2 heterocycles. The molecule has 15 heavy (non-hydrogen) atoms. The van der Waals surface area contributed by atoms with Crippen molar-refractivity contribution in [1.29, 1.82) is 0 Å². The molecule has 0 amide bonds. The van der Waals surface area contributed by atoms with Crippen LogP contribution in [0.4, 0.5) is 5.82 Å². The molecule has 0 N–H and O–H groups in total. The largest absolute Gasteiger partial charge is 0.356 e. The number of halogens is 1. The van der Waals surface area contributed by atoms with E-state index in [1.54, 1.807) is 0 Å². The minimum atomic E-state index is 0.572. The van der Waals surface area contributed by atoms with Gasteiger partial charge in [-0.2, -0.15) is 0 Å². The lowest BCUT2D eigenvalue weighted by Gasteiger charge is -2.33. The Morgan fingerprint density at radius 1 is 1.27 bits per heavy atom. The first kappa shape index (κ1) is 9.40. The minimum absolute atomic E-state index is 0.572. The van der Waals surface area contributed by atoms with Crippen LogP contribution in [0.1, 0.15) is 36.6 Å². The van der Waals surface area contributed by atoms with Gasteiger partial charge in [0.05, 0.1) is 0 Å². The van der Waals surface area contributed by atoms with Crippen molar-refractivity contribution in [3.63, 3.8) is 0 Å². The molecule has 1 aromatic heterocycles. The maximum absolute atomic E-state index is 6.14. The molecule has 1 aliphatic heterocycles. The molecule has 4 heteroatoms. The first-order valence-corrected chi connectivity index (χ1v) is 5.92. The van der Waals surface area contributed by atoms with Crippen molar-refractivity contribution >= 4 is 17.4 Å². The zero-order valence-electron chi connectivity index (χ0n) is 8.83. The summed E-state index contributed by atoms with van der Waals surface area (Å²) in [4.78, 5) is 11.3. The van der Waals surface area contributed by atoms with Crippen molar-refractivity contribution in [3.05, 3.63) is 16.5 Å². The monoisotopic (exact) mass is 223 g/mol. The van der Waals surface area contributed by atoms with E-state index < -0.39 is 0 Å². The van der Waals surface area contributed by atoms with Gasteiger partial charge in [-0.1, -0.05) is 11.6 Å². The maximum Gasteiger partial charge on any atom is 0.137 e. The Hall–Kier alpha value is -0.830. The SMILES string of the molecule is Cc1c(Cl)nc(C2CC2)nc1N1CCC1. The van der Waals surface area contributed by atoms with Gasteiger partial charge in [0.25, 0.3) is 0 Å². The van der Waals surface area contributed by atoms with Crippen molar-refractivity contribution in [2.24, 2.45) is 0 Å². The van der Waals surface area contributed by atoms with E-state index in [0.717, 1.165) is 30.3 Å².